The first-order valence-corrected chi connectivity index (χ1v) is 17.1. The molecule has 12 nitrogen and oxygen atoms in total. The van der Waals surface area contributed by atoms with Crippen molar-refractivity contribution in [2.24, 2.45) is 0 Å². The second-order valence-corrected chi connectivity index (χ2v) is 13.2. The Hall–Kier alpha value is -4.16. The van der Waals surface area contributed by atoms with Crippen LogP contribution >= 0.6 is 0 Å². The van der Waals surface area contributed by atoms with Crippen molar-refractivity contribution in [3.63, 3.8) is 0 Å². The minimum atomic E-state index is -0.940. The zero-order valence-electron chi connectivity index (χ0n) is 27.2. The lowest BCUT2D eigenvalue weighted by atomic mass is 10.0. The number of hydrogen-bond donors (Lipinski definition) is 1. The molecule has 1 N–H and O–H groups in total. The fourth-order valence-electron chi connectivity index (χ4n) is 7.64. The summed E-state index contributed by atoms with van der Waals surface area (Å²) in [4.78, 5) is 53.1. The average Bonchev–Trinajstić information content (AvgIpc) is 3.52. The number of piperidine rings is 1. The first kappa shape index (κ1) is 31.4. The molecule has 250 valence electrons. The maximum absolute atomic E-state index is 14.0. The number of piperazine rings is 1. The van der Waals surface area contributed by atoms with Crippen LogP contribution in [0, 0.1) is 6.92 Å². The summed E-state index contributed by atoms with van der Waals surface area (Å²) in [5, 5.41) is 3.06. The Morgan fingerprint density at radius 1 is 0.979 bits per heavy atom. The molecular formula is C35H45N7O5. The third-order valence-electron chi connectivity index (χ3n) is 10.3. The van der Waals surface area contributed by atoms with Gasteiger partial charge < -0.3 is 33.9 Å². The van der Waals surface area contributed by atoms with E-state index in [1.807, 2.05) is 57.8 Å². The third kappa shape index (κ3) is 6.94. The van der Waals surface area contributed by atoms with Crippen LogP contribution in [0.3, 0.4) is 0 Å². The Morgan fingerprint density at radius 2 is 1.74 bits per heavy atom. The van der Waals surface area contributed by atoms with Gasteiger partial charge in [-0.3, -0.25) is 9.69 Å². The van der Waals surface area contributed by atoms with E-state index < -0.39 is 12.2 Å². The highest BCUT2D eigenvalue weighted by Gasteiger charge is 2.36. The molecule has 0 aliphatic carbocycles. The fraction of sp³-hybridized carbons (Fsp3) is 0.543. The highest BCUT2D eigenvalue weighted by atomic mass is 16.6. The van der Waals surface area contributed by atoms with Crippen LogP contribution in [0.1, 0.15) is 42.4 Å². The molecule has 0 unspecified atom stereocenters. The molecular weight excluding hydrogens is 598 g/mol. The number of nitrogens with one attached hydrogen (secondary N) is 1. The second-order valence-electron chi connectivity index (χ2n) is 13.2. The number of pyridine rings is 1. The molecule has 12 heteroatoms. The van der Waals surface area contributed by atoms with E-state index in [2.05, 4.69) is 21.3 Å². The zero-order chi connectivity index (χ0) is 32.3. The van der Waals surface area contributed by atoms with Gasteiger partial charge in [-0.15, -0.1) is 0 Å². The van der Waals surface area contributed by atoms with Crippen LogP contribution in [0.2, 0.25) is 0 Å². The molecule has 2 aromatic heterocycles. The normalized spacial score (nSPS) is 20.9. The lowest BCUT2D eigenvalue weighted by Gasteiger charge is -2.41. The summed E-state index contributed by atoms with van der Waals surface area (Å²) in [5.41, 5.74) is 4.77. The second kappa shape index (κ2) is 13.9. The van der Waals surface area contributed by atoms with E-state index in [-0.39, 0.29) is 24.4 Å². The molecule has 1 atom stereocenters. The van der Waals surface area contributed by atoms with Crippen molar-refractivity contribution in [1.82, 2.24) is 29.0 Å². The number of anilines is 1. The first-order chi connectivity index (χ1) is 22.9. The Balaban J connectivity index is 1.00. The number of ether oxygens (including phenoxy) is 2. The number of rotatable bonds is 6. The Labute approximate surface area is 275 Å². The van der Waals surface area contributed by atoms with Crippen molar-refractivity contribution in [1.29, 1.82) is 0 Å². The summed E-state index contributed by atoms with van der Waals surface area (Å²) < 4.78 is 13.6. The Bertz CT molecular complexity index is 1590. The van der Waals surface area contributed by atoms with Crippen LogP contribution in [-0.2, 0) is 27.1 Å². The minimum Gasteiger partial charge on any atom is -0.436 e. The van der Waals surface area contributed by atoms with Gasteiger partial charge in [0.15, 0.2) is 6.10 Å². The number of para-hydroxylation sites is 1. The monoisotopic (exact) mass is 643 g/mol. The van der Waals surface area contributed by atoms with Crippen molar-refractivity contribution in [3.05, 3.63) is 65.6 Å². The summed E-state index contributed by atoms with van der Waals surface area (Å²) in [6.07, 6.45) is 8.61. The van der Waals surface area contributed by atoms with Crippen molar-refractivity contribution >= 4 is 29.4 Å². The lowest BCUT2D eigenvalue weighted by Crippen LogP contribution is -2.56. The Morgan fingerprint density at radius 3 is 2.53 bits per heavy atom. The topological polar surface area (TPSA) is 112 Å². The molecule has 3 fully saturated rings. The number of hydrogen-bond acceptors (Lipinski definition) is 7. The molecule has 1 aromatic carbocycles. The van der Waals surface area contributed by atoms with Gasteiger partial charge in [0, 0.05) is 102 Å². The standard InChI is InChI=1S/C35H45N7O5/c1-25-22-26(24-41-15-11-36-32(25)41)23-31(33(43)39-18-16-38(17-19-39)28-9-20-46-21-10-28)47-35(45)40-12-7-29(8-13-40)42-14-6-27-4-2-3-5-30(27)37-34(42)44/h2-5,11,15,22,24,28-29,31H,6-10,12-14,16-21,23H2,1H3,(H,37,44)/t31-/m1/s1. The van der Waals surface area contributed by atoms with Crippen LogP contribution in [0.4, 0.5) is 15.3 Å². The quantitative estimate of drug-likeness (QED) is 0.437. The summed E-state index contributed by atoms with van der Waals surface area (Å²) in [5.74, 6) is -0.149. The minimum absolute atomic E-state index is 0.0303. The van der Waals surface area contributed by atoms with Crippen LogP contribution in [0.5, 0.6) is 0 Å². The van der Waals surface area contributed by atoms with Crippen molar-refractivity contribution in [2.75, 3.05) is 64.3 Å². The van der Waals surface area contributed by atoms with Crippen LogP contribution in [0.25, 0.3) is 5.65 Å². The molecule has 0 radical (unpaired) electrons. The molecule has 7 rings (SSSR count). The molecule has 4 aliphatic heterocycles. The van der Waals surface area contributed by atoms with E-state index in [0.29, 0.717) is 51.6 Å². The van der Waals surface area contributed by atoms with E-state index in [1.165, 1.54) is 0 Å². The fourth-order valence-corrected chi connectivity index (χ4v) is 7.64. The molecule has 47 heavy (non-hydrogen) atoms. The van der Waals surface area contributed by atoms with Gasteiger partial charge in [-0.1, -0.05) is 24.3 Å². The number of fused-ring (bicyclic) bond motifs is 2. The van der Waals surface area contributed by atoms with Gasteiger partial charge >= 0.3 is 12.1 Å². The summed E-state index contributed by atoms with van der Waals surface area (Å²) in [6, 6.07) is 10.4. The van der Waals surface area contributed by atoms with Gasteiger partial charge in [0.25, 0.3) is 5.91 Å². The molecule has 4 aliphatic rings. The van der Waals surface area contributed by atoms with Gasteiger partial charge in [0.05, 0.1) is 0 Å². The largest absolute Gasteiger partial charge is 0.436 e. The average molecular weight is 644 g/mol. The number of carbonyl (C=O) groups is 3. The van der Waals surface area contributed by atoms with Gasteiger partial charge in [0.2, 0.25) is 0 Å². The van der Waals surface area contributed by atoms with Gasteiger partial charge in [-0.05, 0) is 61.8 Å². The molecule has 0 bridgehead atoms. The molecule has 6 heterocycles. The van der Waals surface area contributed by atoms with Crippen molar-refractivity contribution in [3.8, 4) is 0 Å². The van der Waals surface area contributed by atoms with E-state index >= 15 is 0 Å². The lowest BCUT2D eigenvalue weighted by molar-refractivity contribution is -0.143. The number of aryl methyl sites for hydroxylation is 1. The summed E-state index contributed by atoms with van der Waals surface area (Å²) >= 11 is 0. The number of amides is 4. The van der Waals surface area contributed by atoms with Gasteiger partial charge in [-0.25, -0.2) is 14.6 Å². The van der Waals surface area contributed by atoms with Crippen molar-refractivity contribution < 1.29 is 23.9 Å². The SMILES string of the molecule is Cc1cc(C[C@@H](OC(=O)N2CCC(N3CCc4ccccc4NC3=O)CC2)C(=O)N2CCN(C3CCOCC3)CC2)cn2ccnc12. The maximum atomic E-state index is 14.0. The maximum Gasteiger partial charge on any atom is 0.410 e. The van der Waals surface area contributed by atoms with E-state index in [1.54, 1.807) is 11.1 Å². The summed E-state index contributed by atoms with van der Waals surface area (Å²) in [7, 11) is 0. The highest BCUT2D eigenvalue weighted by Crippen LogP contribution is 2.26. The number of imidazole rings is 1. The highest BCUT2D eigenvalue weighted by molar-refractivity contribution is 5.91. The number of aromatic nitrogens is 2. The Kier molecular flexibility index (Phi) is 9.30. The molecule has 0 saturated carbocycles. The summed E-state index contributed by atoms with van der Waals surface area (Å²) in [6.45, 7) is 7.97. The van der Waals surface area contributed by atoms with Crippen LogP contribution in [-0.4, -0.2) is 124 Å². The van der Waals surface area contributed by atoms with Crippen LogP contribution in [0.15, 0.2) is 48.9 Å². The molecule has 3 aromatic rings. The third-order valence-corrected chi connectivity index (χ3v) is 10.3. The van der Waals surface area contributed by atoms with Crippen LogP contribution < -0.4 is 5.32 Å². The molecule has 0 spiro atoms. The molecule has 4 amide bonds. The van der Waals surface area contributed by atoms with Crippen molar-refractivity contribution in [2.45, 2.75) is 63.6 Å². The van der Waals surface area contributed by atoms with Gasteiger partial charge in [-0.2, -0.15) is 0 Å². The predicted molar refractivity (Wildman–Crippen MR) is 176 cm³/mol. The zero-order valence-corrected chi connectivity index (χ0v) is 27.2. The number of nitrogens with zero attached hydrogens (tertiary/aromatic N) is 6. The number of urea groups is 1. The predicted octanol–water partition coefficient (Wildman–Crippen LogP) is 3.57. The number of benzene rings is 1. The number of likely N-dealkylation sites (tertiary alicyclic amines) is 1. The van der Waals surface area contributed by atoms with E-state index in [0.717, 1.165) is 73.6 Å². The first-order valence-electron chi connectivity index (χ1n) is 17.1. The smallest absolute Gasteiger partial charge is 0.410 e. The molecule has 3 saturated heterocycles. The van der Waals surface area contributed by atoms with E-state index in [9.17, 15) is 14.4 Å². The number of carbonyl (C=O) groups excluding carboxylic acids is 3. The van der Waals surface area contributed by atoms with Gasteiger partial charge in [0.1, 0.15) is 5.65 Å². The van der Waals surface area contributed by atoms with E-state index in [4.69, 9.17) is 9.47 Å².